The van der Waals surface area contributed by atoms with Crippen LogP contribution in [-0.4, -0.2) is 41.9 Å². The van der Waals surface area contributed by atoms with Crippen molar-refractivity contribution in [3.63, 3.8) is 0 Å². The molecule has 1 amide bonds. The summed E-state index contributed by atoms with van der Waals surface area (Å²) in [5.41, 5.74) is 3.06. The number of nitro benzene ring substituents is 1. The zero-order chi connectivity index (χ0) is 21.0. The van der Waals surface area contributed by atoms with Gasteiger partial charge in [0, 0.05) is 38.3 Å². The molecule has 2 aromatic rings. The molecule has 152 valence electrons. The van der Waals surface area contributed by atoms with Crippen LogP contribution in [-0.2, 0) is 10.2 Å². The normalized spacial score (nSPS) is 15.0. The van der Waals surface area contributed by atoms with Gasteiger partial charge in [0.05, 0.1) is 4.92 Å². The lowest BCUT2D eigenvalue weighted by Gasteiger charge is -2.35. The lowest BCUT2D eigenvalue weighted by Crippen LogP contribution is -2.48. The molecule has 0 aliphatic carbocycles. The molecule has 0 radical (unpaired) electrons. The van der Waals surface area contributed by atoms with Gasteiger partial charge in [-0.05, 0) is 28.7 Å². The van der Waals surface area contributed by atoms with Crippen LogP contribution in [0, 0.1) is 10.1 Å². The summed E-state index contributed by atoms with van der Waals surface area (Å²) in [5.74, 6) is -0.0351. The summed E-state index contributed by atoms with van der Waals surface area (Å²) < 4.78 is 0. The van der Waals surface area contributed by atoms with Gasteiger partial charge in [0.15, 0.2) is 0 Å². The average Bonchev–Trinajstić information content (AvgIpc) is 2.71. The van der Waals surface area contributed by atoms with E-state index in [0.717, 1.165) is 5.56 Å². The number of hydrogen-bond acceptors (Lipinski definition) is 4. The van der Waals surface area contributed by atoms with Crippen molar-refractivity contribution in [1.82, 2.24) is 4.90 Å². The van der Waals surface area contributed by atoms with Gasteiger partial charge in [-0.1, -0.05) is 57.2 Å². The van der Waals surface area contributed by atoms with E-state index in [1.54, 1.807) is 29.2 Å². The van der Waals surface area contributed by atoms with Crippen molar-refractivity contribution in [3.05, 3.63) is 75.8 Å². The van der Waals surface area contributed by atoms with E-state index in [0.29, 0.717) is 31.9 Å². The molecule has 29 heavy (non-hydrogen) atoms. The van der Waals surface area contributed by atoms with Crippen LogP contribution < -0.4 is 4.90 Å². The van der Waals surface area contributed by atoms with Crippen molar-refractivity contribution in [2.45, 2.75) is 26.2 Å². The molecule has 2 aromatic carbocycles. The van der Waals surface area contributed by atoms with Gasteiger partial charge in [-0.15, -0.1) is 0 Å². The maximum absolute atomic E-state index is 12.5. The first kappa shape index (κ1) is 20.6. The Kier molecular flexibility index (Phi) is 6.01. The highest BCUT2D eigenvalue weighted by atomic mass is 16.6. The van der Waals surface area contributed by atoms with E-state index >= 15 is 0 Å². The highest BCUT2D eigenvalue weighted by molar-refractivity contribution is 5.92. The zero-order valence-corrected chi connectivity index (χ0v) is 17.2. The van der Waals surface area contributed by atoms with Gasteiger partial charge in [-0.2, -0.15) is 0 Å². The minimum absolute atomic E-state index is 0.0351. The van der Waals surface area contributed by atoms with Crippen molar-refractivity contribution in [1.29, 1.82) is 0 Å². The topological polar surface area (TPSA) is 66.7 Å². The summed E-state index contributed by atoms with van der Waals surface area (Å²) in [6.45, 7) is 8.74. The molecule has 0 unspecified atom stereocenters. The average molecular weight is 393 g/mol. The Morgan fingerprint density at radius 3 is 2.21 bits per heavy atom. The van der Waals surface area contributed by atoms with Gasteiger partial charge in [0.2, 0.25) is 5.91 Å². The van der Waals surface area contributed by atoms with Crippen LogP contribution in [0.1, 0.15) is 31.9 Å². The molecule has 6 heteroatoms. The SMILES string of the molecule is CC(C)(C)c1ccc(/C=C/C(=O)N2CCN(c3ccccc3[N+](=O)[O-])CC2)cc1. The summed E-state index contributed by atoms with van der Waals surface area (Å²) in [5, 5.41) is 11.2. The first-order chi connectivity index (χ1) is 13.8. The smallest absolute Gasteiger partial charge is 0.292 e. The summed E-state index contributed by atoms with van der Waals surface area (Å²) in [7, 11) is 0. The Balaban J connectivity index is 1.59. The highest BCUT2D eigenvalue weighted by Gasteiger charge is 2.24. The van der Waals surface area contributed by atoms with Crippen LogP contribution in [0.15, 0.2) is 54.6 Å². The summed E-state index contributed by atoms with van der Waals surface area (Å²) >= 11 is 0. The van der Waals surface area contributed by atoms with Crippen molar-refractivity contribution in [3.8, 4) is 0 Å². The number of piperazine rings is 1. The maximum Gasteiger partial charge on any atom is 0.292 e. The largest absolute Gasteiger partial charge is 0.362 e. The van der Waals surface area contributed by atoms with Crippen LogP contribution in [0.5, 0.6) is 0 Å². The standard InChI is InChI=1S/C23H27N3O3/c1-23(2,3)19-11-8-18(9-12-19)10-13-22(27)25-16-14-24(15-17-25)20-6-4-5-7-21(20)26(28)29/h4-13H,14-17H2,1-3H3/b13-10+. The number of hydrogen-bond donors (Lipinski definition) is 0. The molecular formula is C23H27N3O3. The minimum Gasteiger partial charge on any atom is -0.362 e. The molecule has 0 N–H and O–H groups in total. The van der Waals surface area contributed by atoms with E-state index < -0.39 is 0 Å². The second-order valence-electron chi connectivity index (χ2n) is 8.26. The van der Waals surface area contributed by atoms with Crippen molar-refractivity contribution < 1.29 is 9.72 Å². The molecule has 0 spiro atoms. The van der Waals surface area contributed by atoms with Gasteiger partial charge in [-0.3, -0.25) is 14.9 Å². The number of nitro groups is 1. The van der Waals surface area contributed by atoms with E-state index in [9.17, 15) is 14.9 Å². The first-order valence-electron chi connectivity index (χ1n) is 9.81. The van der Waals surface area contributed by atoms with Crippen molar-refractivity contribution >= 4 is 23.4 Å². The van der Waals surface area contributed by atoms with Crippen molar-refractivity contribution in [2.24, 2.45) is 0 Å². The number of nitrogens with zero attached hydrogens (tertiary/aromatic N) is 3. The molecular weight excluding hydrogens is 366 g/mol. The van der Waals surface area contributed by atoms with E-state index in [-0.39, 0.29) is 21.9 Å². The molecule has 1 aliphatic rings. The summed E-state index contributed by atoms with van der Waals surface area (Å²) in [6, 6.07) is 15.0. The predicted molar refractivity (Wildman–Crippen MR) is 116 cm³/mol. The molecule has 3 rings (SSSR count). The summed E-state index contributed by atoms with van der Waals surface area (Å²) in [6.07, 6.45) is 3.44. The minimum atomic E-state index is -0.361. The third-order valence-electron chi connectivity index (χ3n) is 5.21. The highest BCUT2D eigenvalue weighted by Crippen LogP contribution is 2.28. The molecule has 0 atom stereocenters. The Morgan fingerprint density at radius 2 is 1.62 bits per heavy atom. The fourth-order valence-electron chi connectivity index (χ4n) is 3.42. The van der Waals surface area contributed by atoms with Gasteiger partial charge in [0.1, 0.15) is 5.69 Å². The Labute approximate surface area is 171 Å². The van der Waals surface area contributed by atoms with Gasteiger partial charge >= 0.3 is 0 Å². The second kappa shape index (κ2) is 8.47. The third-order valence-corrected chi connectivity index (χ3v) is 5.21. The lowest BCUT2D eigenvalue weighted by atomic mass is 9.87. The van der Waals surface area contributed by atoms with Crippen molar-refractivity contribution in [2.75, 3.05) is 31.1 Å². The molecule has 1 saturated heterocycles. The Bertz CT molecular complexity index is 906. The van der Waals surface area contributed by atoms with Crippen LogP contribution in [0.4, 0.5) is 11.4 Å². The van der Waals surface area contributed by atoms with Crippen LogP contribution >= 0.6 is 0 Å². The van der Waals surface area contributed by atoms with Crippen LogP contribution in [0.25, 0.3) is 6.08 Å². The van der Waals surface area contributed by atoms with Gasteiger partial charge in [0.25, 0.3) is 5.69 Å². The molecule has 1 aliphatic heterocycles. The summed E-state index contributed by atoms with van der Waals surface area (Å²) in [4.78, 5) is 27.2. The van der Waals surface area contributed by atoms with E-state index in [1.807, 2.05) is 23.1 Å². The number of rotatable bonds is 4. The fraction of sp³-hybridized carbons (Fsp3) is 0.348. The second-order valence-corrected chi connectivity index (χ2v) is 8.26. The molecule has 1 fully saturated rings. The monoisotopic (exact) mass is 393 g/mol. The number of benzene rings is 2. The molecule has 0 saturated carbocycles. The van der Waals surface area contributed by atoms with Gasteiger partial charge < -0.3 is 9.80 Å². The molecule has 0 bridgehead atoms. The zero-order valence-electron chi connectivity index (χ0n) is 17.2. The predicted octanol–water partition coefficient (Wildman–Crippen LogP) is 4.25. The molecule has 1 heterocycles. The third kappa shape index (κ3) is 5.02. The molecule has 0 aromatic heterocycles. The first-order valence-corrected chi connectivity index (χ1v) is 9.81. The van der Waals surface area contributed by atoms with Crippen LogP contribution in [0.2, 0.25) is 0 Å². The number of carbonyl (C=O) groups excluding carboxylic acids is 1. The number of carbonyl (C=O) groups is 1. The Hall–Kier alpha value is -3.15. The van der Waals surface area contributed by atoms with Gasteiger partial charge in [-0.25, -0.2) is 0 Å². The number of para-hydroxylation sites is 2. The number of amides is 1. The Morgan fingerprint density at radius 1 is 1.00 bits per heavy atom. The fourth-order valence-corrected chi connectivity index (χ4v) is 3.42. The van der Waals surface area contributed by atoms with Crippen LogP contribution in [0.3, 0.4) is 0 Å². The van der Waals surface area contributed by atoms with E-state index in [4.69, 9.17) is 0 Å². The molecule has 6 nitrogen and oxygen atoms in total. The maximum atomic E-state index is 12.5. The lowest BCUT2D eigenvalue weighted by molar-refractivity contribution is -0.384. The quantitative estimate of drug-likeness (QED) is 0.442. The van der Waals surface area contributed by atoms with E-state index in [2.05, 4.69) is 32.9 Å². The van der Waals surface area contributed by atoms with E-state index in [1.165, 1.54) is 11.6 Å². The number of anilines is 1.